The molecule has 3 unspecified atom stereocenters. The van der Waals surface area contributed by atoms with Gasteiger partial charge in [0.2, 0.25) is 0 Å². The van der Waals surface area contributed by atoms with Crippen molar-refractivity contribution < 1.29 is 19.4 Å². The van der Waals surface area contributed by atoms with Crippen molar-refractivity contribution in [2.75, 3.05) is 6.61 Å². The minimum absolute atomic E-state index is 0.144. The number of carboxylic acids is 1. The number of rotatable bonds is 3. The molecule has 2 saturated carbocycles. The lowest BCUT2D eigenvalue weighted by atomic mass is 9.46. The largest absolute Gasteiger partial charge is 0.477 e. The molecule has 2 N–H and O–H groups in total. The van der Waals surface area contributed by atoms with Gasteiger partial charge < -0.3 is 15.2 Å². The van der Waals surface area contributed by atoms with Crippen LogP contribution in [0.2, 0.25) is 0 Å². The summed E-state index contributed by atoms with van der Waals surface area (Å²) in [6.45, 7) is 0.797. The van der Waals surface area contributed by atoms with E-state index in [2.05, 4.69) is 5.32 Å². The minimum atomic E-state index is -0.984. The minimum Gasteiger partial charge on any atom is -0.477 e. The summed E-state index contributed by atoms with van der Waals surface area (Å²) in [6.07, 6.45) is 4.81. The average molecular weight is 307 g/mol. The molecule has 2 heterocycles. The van der Waals surface area contributed by atoms with Crippen molar-refractivity contribution in [3.63, 3.8) is 0 Å². The lowest BCUT2D eigenvalue weighted by Crippen LogP contribution is -2.71. The SMILES string of the molecule is O=C(O)c1ccc(C(=O)NC2C3CCOC3C23CCC3)s1. The van der Waals surface area contributed by atoms with E-state index in [1.165, 1.54) is 12.5 Å². The molecule has 0 radical (unpaired) electrons. The van der Waals surface area contributed by atoms with Crippen LogP contribution in [0.1, 0.15) is 45.0 Å². The van der Waals surface area contributed by atoms with Crippen molar-refractivity contribution >= 4 is 23.2 Å². The lowest BCUT2D eigenvalue weighted by molar-refractivity contribution is -0.172. The van der Waals surface area contributed by atoms with Crippen LogP contribution in [0.4, 0.5) is 0 Å². The highest BCUT2D eigenvalue weighted by atomic mass is 32.1. The Morgan fingerprint density at radius 2 is 2.10 bits per heavy atom. The summed E-state index contributed by atoms with van der Waals surface area (Å²) in [7, 11) is 0. The van der Waals surface area contributed by atoms with Gasteiger partial charge in [0, 0.05) is 24.0 Å². The zero-order chi connectivity index (χ0) is 14.6. The molecule has 4 rings (SSSR count). The van der Waals surface area contributed by atoms with E-state index in [9.17, 15) is 9.59 Å². The van der Waals surface area contributed by atoms with Gasteiger partial charge in [-0.05, 0) is 31.4 Å². The Morgan fingerprint density at radius 1 is 1.33 bits per heavy atom. The van der Waals surface area contributed by atoms with Gasteiger partial charge in [0.1, 0.15) is 4.88 Å². The summed E-state index contributed by atoms with van der Waals surface area (Å²) in [5.74, 6) is -0.690. The Morgan fingerprint density at radius 3 is 2.71 bits per heavy atom. The Kier molecular flexibility index (Phi) is 2.87. The van der Waals surface area contributed by atoms with E-state index in [1.807, 2.05) is 0 Å². The van der Waals surface area contributed by atoms with Crippen LogP contribution in [0, 0.1) is 11.3 Å². The summed E-state index contributed by atoms with van der Waals surface area (Å²) >= 11 is 1.03. The Labute approximate surface area is 126 Å². The molecule has 0 aromatic carbocycles. The molecule has 1 aromatic heterocycles. The van der Waals surface area contributed by atoms with Crippen LogP contribution in [-0.2, 0) is 4.74 Å². The second-order valence-corrected chi connectivity index (χ2v) is 7.33. The van der Waals surface area contributed by atoms with Gasteiger partial charge in [-0.25, -0.2) is 4.79 Å². The lowest BCUT2D eigenvalue weighted by Gasteiger charge is -2.63. The highest BCUT2D eigenvalue weighted by molar-refractivity contribution is 7.15. The van der Waals surface area contributed by atoms with E-state index in [1.54, 1.807) is 6.07 Å². The summed E-state index contributed by atoms with van der Waals surface area (Å²) in [5, 5.41) is 12.1. The van der Waals surface area contributed by atoms with Gasteiger partial charge in [0.15, 0.2) is 0 Å². The fourth-order valence-electron chi connectivity index (χ4n) is 4.24. The van der Waals surface area contributed by atoms with Gasteiger partial charge in [-0.2, -0.15) is 0 Å². The van der Waals surface area contributed by atoms with Gasteiger partial charge in [0.05, 0.1) is 11.0 Å². The summed E-state index contributed by atoms with van der Waals surface area (Å²) in [6, 6.07) is 3.28. The third-order valence-electron chi connectivity index (χ3n) is 5.36. The predicted molar refractivity (Wildman–Crippen MR) is 76.7 cm³/mol. The first-order valence-corrected chi connectivity index (χ1v) is 8.19. The summed E-state index contributed by atoms with van der Waals surface area (Å²) < 4.78 is 5.84. The number of hydrogen-bond donors (Lipinski definition) is 2. The second kappa shape index (κ2) is 4.55. The van der Waals surface area contributed by atoms with E-state index in [-0.39, 0.29) is 22.2 Å². The maximum atomic E-state index is 12.4. The molecule has 6 heteroatoms. The number of nitrogens with one attached hydrogen (secondary N) is 1. The molecule has 5 nitrogen and oxygen atoms in total. The van der Waals surface area contributed by atoms with Crippen LogP contribution < -0.4 is 5.32 Å². The second-order valence-electron chi connectivity index (χ2n) is 6.25. The van der Waals surface area contributed by atoms with Gasteiger partial charge in [-0.1, -0.05) is 6.42 Å². The maximum absolute atomic E-state index is 12.4. The van der Waals surface area contributed by atoms with Crippen molar-refractivity contribution in [2.45, 2.75) is 37.8 Å². The third kappa shape index (κ3) is 1.78. The van der Waals surface area contributed by atoms with Crippen LogP contribution in [0.25, 0.3) is 0 Å². The van der Waals surface area contributed by atoms with E-state index >= 15 is 0 Å². The molecule has 0 bridgehead atoms. The molecule has 1 amide bonds. The van der Waals surface area contributed by atoms with Crippen molar-refractivity contribution in [3.05, 3.63) is 21.9 Å². The number of fused-ring (bicyclic) bond motifs is 2. The van der Waals surface area contributed by atoms with Gasteiger partial charge in [-0.3, -0.25) is 4.79 Å². The predicted octanol–water partition coefficient (Wildman–Crippen LogP) is 2.13. The molecule has 112 valence electrons. The van der Waals surface area contributed by atoms with Gasteiger partial charge in [-0.15, -0.1) is 11.3 Å². The molecule has 1 aliphatic heterocycles. The Hall–Kier alpha value is -1.40. The first kappa shape index (κ1) is 13.3. The summed E-state index contributed by atoms with van der Waals surface area (Å²) in [5.41, 5.74) is 0.156. The van der Waals surface area contributed by atoms with Crippen LogP contribution >= 0.6 is 11.3 Å². The smallest absolute Gasteiger partial charge is 0.345 e. The normalized spacial score (nSPS) is 32.1. The number of ether oxygens (including phenoxy) is 1. The number of hydrogen-bond acceptors (Lipinski definition) is 4. The molecular formula is C15H17NO4S. The van der Waals surface area contributed by atoms with E-state index in [4.69, 9.17) is 9.84 Å². The van der Waals surface area contributed by atoms with Crippen LogP contribution in [0.15, 0.2) is 12.1 Å². The maximum Gasteiger partial charge on any atom is 0.345 e. The monoisotopic (exact) mass is 307 g/mol. The zero-order valence-electron chi connectivity index (χ0n) is 11.5. The quantitative estimate of drug-likeness (QED) is 0.897. The fourth-order valence-corrected chi connectivity index (χ4v) is 4.99. The van der Waals surface area contributed by atoms with Crippen molar-refractivity contribution in [1.82, 2.24) is 5.32 Å². The highest BCUT2D eigenvalue weighted by Gasteiger charge is 2.66. The van der Waals surface area contributed by atoms with Crippen LogP contribution in [-0.4, -0.2) is 35.7 Å². The fraction of sp³-hybridized carbons (Fsp3) is 0.600. The van der Waals surface area contributed by atoms with Crippen molar-refractivity contribution in [2.24, 2.45) is 11.3 Å². The molecule has 2 aliphatic carbocycles. The molecule has 3 atom stereocenters. The number of thiophene rings is 1. The highest BCUT2D eigenvalue weighted by Crippen LogP contribution is 2.62. The Balaban J connectivity index is 1.50. The van der Waals surface area contributed by atoms with Gasteiger partial charge >= 0.3 is 5.97 Å². The standard InChI is InChI=1S/C15H17NO4S/c17-13(9-2-3-10(21-9)14(18)19)16-11-8-4-7-20-12(8)15(11)5-1-6-15/h2-3,8,11-12H,1,4-7H2,(H,16,17)(H,18,19). The Bertz CT molecular complexity index is 607. The number of aromatic carboxylic acids is 1. The summed E-state index contributed by atoms with van der Waals surface area (Å²) in [4.78, 5) is 23.9. The molecular weight excluding hydrogens is 290 g/mol. The van der Waals surface area contributed by atoms with E-state index < -0.39 is 5.97 Å². The molecule has 1 saturated heterocycles. The number of carbonyl (C=O) groups is 2. The topological polar surface area (TPSA) is 75.6 Å². The average Bonchev–Trinajstić information content (AvgIpc) is 3.01. The number of carboxylic acid groups (broad SMARTS) is 1. The van der Waals surface area contributed by atoms with Crippen molar-refractivity contribution in [1.29, 1.82) is 0 Å². The molecule has 1 aromatic rings. The molecule has 21 heavy (non-hydrogen) atoms. The van der Waals surface area contributed by atoms with Crippen LogP contribution in [0.5, 0.6) is 0 Å². The van der Waals surface area contributed by atoms with E-state index in [0.717, 1.165) is 37.2 Å². The molecule has 1 spiro atoms. The van der Waals surface area contributed by atoms with E-state index in [0.29, 0.717) is 16.9 Å². The van der Waals surface area contributed by atoms with Crippen LogP contribution in [0.3, 0.4) is 0 Å². The first-order chi connectivity index (χ1) is 10.1. The molecule has 3 aliphatic rings. The number of amides is 1. The van der Waals surface area contributed by atoms with Gasteiger partial charge in [0.25, 0.3) is 5.91 Å². The number of carbonyl (C=O) groups excluding carboxylic acids is 1. The van der Waals surface area contributed by atoms with Crippen molar-refractivity contribution in [3.8, 4) is 0 Å². The first-order valence-electron chi connectivity index (χ1n) is 7.37. The molecule has 3 fully saturated rings. The zero-order valence-corrected chi connectivity index (χ0v) is 12.3. The third-order valence-corrected chi connectivity index (χ3v) is 6.44.